The molecule has 0 aliphatic carbocycles. The Labute approximate surface area is 151 Å². The largest absolute Gasteiger partial charge is 0.466 e. The van der Waals surface area contributed by atoms with E-state index in [-0.39, 0.29) is 12.3 Å². The zero-order valence-corrected chi connectivity index (χ0v) is 14.3. The zero-order chi connectivity index (χ0) is 18.4. The maximum Gasteiger partial charge on any atom is 0.330 e. The number of pyridine rings is 1. The number of methoxy groups -OCH3 is 1. The van der Waals surface area contributed by atoms with Crippen molar-refractivity contribution in [2.45, 2.75) is 6.42 Å². The number of esters is 1. The summed E-state index contributed by atoms with van der Waals surface area (Å²) in [6.07, 6.45) is 4.87. The Hall–Kier alpha value is -3.47. The molecule has 1 aromatic heterocycles. The Kier molecular flexibility index (Phi) is 5.39. The van der Waals surface area contributed by atoms with Crippen LogP contribution in [0.2, 0.25) is 0 Å². The van der Waals surface area contributed by atoms with E-state index in [4.69, 9.17) is 0 Å². The molecule has 1 N–H and O–H groups in total. The molecule has 5 heteroatoms. The Balaban J connectivity index is 1.78. The smallest absolute Gasteiger partial charge is 0.330 e. The van der Waals surface area contributed by atoms with Gasteiger partial charge in [0.25, 0.3) is 0 Å². The lowest BCUT2D eigenvalue weighted by atomic mass is 10.0. The first-order chi connectivity index (χ1) is 12.7. The summed E-state index contributed by atoms with van der Waals surface area (Å²) in [5.41, 5.74) is 3.04. The number of benzene rings is 2. The van der Waals surface area contributed by atoms with Crippen molar-refractivity contribution in [1.82, 2.24) is 4.98 Å². The van der Waals surface area contributed by atoms with Gasteiger partial charge in [0.1, 0.15) is 0 Å². The maximum absolute atomic E-state index is 12.5. The molecule has 0 aliphatic heterocycles. The lowest BCUT2D eigenvalue weighted by molar-refractivity contribution is -0.134. The lowest BCUT2D eigenvalue weighted by Crippen LogP contribution is -2.15. The third kappa shape index (κ3) is 4.13. The van der Waals surface area contributed by atoms with Gasteiger partial charge in [0.05, 0.1) is 24.7 Å². The van der Waals surface area contributed by atoms with Gasteiger partial charge in [-0.1, -0.05) is 42.5 Å². The quantitative estimate of drug-likeness (QED) is 0.566. The second kappa shape index (κ2) is 8.07. The van der Waals surface area contributed by atoms with Crippen molar-refractivity contribution in [3.63, 3.8) is 0 Å². The van der Waals surface area contributed by atoms with E-state index in [0.29, 0.717) is 5.69 Å². The lowest BCUT2D eigenvalue weighted by Gasteiger charge is -2.09. The Bertz CT molecular complexity index is 974. The van der Waals surface area contributed by atoms with E-state index >= 15 is 0 Å². The molecule has 0 fully saturated rings. The monoisotopic (exact) mass is 346 g/mol. The highest BCUT2D eigenvalue weighted by atomic mass is 16.5. The van der Waals surface area contributed by atoms with E-state index < -0.39 is 5.97 Å². The van der Waals surface area contributed by atoms with E-state index in [0.717, 1.165) is 22.0 Å². The molecule has 130 valence electrons. The number of anilines is 1. The van der Waals surface area contributed by atoms with Gasteiger partial charge in [-0.25, -0.2) is 4.79 Å². The standard InChI is InChI=1S/C21H18N2O3/c1-26-20(25)12-11-15-6-2-3-7-17(15)14-19(24)23-18-10-4-8-16-9-5-13-22-21(16)18/h2-13H,14H2,1H3,(H,23,24)/b12-11+. The molecule has 3 rings (SSSR count). The van der Waals surface area contributed by atoms with Crippen LogP contribution in [0, 0.1) is 0 Å². The molecular weight excluding hydrogens is 328 g/mol. The van der Waals surface area contributed by atoms with Crippen LogP contribution in [0.4, 0.5) is 5.69 Å². The van der Waals surface area contributed by atoms with E-state index in [1.54, 1.807) is 12.3 Å². The number of amides is 1. The summed E-state index contributed by atoms with van der Waals surface area (Å²) < 4.78 is 4.60. The van der Waals surface area contributed by atoms with Crippen LogP contribution in [0.15, 0.2) is 66.9 Å². The summed E-state index contributed by atoms with van der Waals surface area (Å²) in [7, 11) is 1.32. The molecule has 0 spiro atoms. The number of hydrogen-bond acceptors (Lipinski definition) is 4. The third-order valence-electron chi connectivity index (χ3n) is 3.91. The number of para-hydroxylation sites is 1. The summed E-state index contributed by atoms with van der Waals surface area (Å²) in [6.45, 7) is 0. The highest BCUT2D eigenvalue weighted by Gasteiger charge is 2.09. The predicted molar refractivity (Wildman–Crippen MR) is 102 cm³/mol. The minimum absolute atomic E-state index is 0.151. The molecule has 0 saturated heterocycles. The van der Waals surface area contributed by atoms with Gasteiger partial charge >= 0.3 is 5.97 Å². The number of rotatable bonds is 5. The molecule has 26 heavy (non-hydrogen) atoms. The number of nitrogens with zero attached hydrogens (tertiary/aromatic N) is 1. The Morgan fingerprint density at radius 2 is 1.88 bits per heavy atom. The first kappa shape index (κ1) is 17.4. The molecular formula is C21H18N2O3. The number of carbonyl (C=O) groups is 2. The fraction of sp³-hybridized carbons (Fsp3) is 0.0952. The van der Waals surface area contributed by atoms with Crippen LogP contribution in [-0.4, -0.2) is 24.0 Å². The topological polar surface area (TPSA) is 68.3 Å². The van der Waals surface area contributed by atoms with Gasteiger partial charge in [-0.2, -0.15) is 0 Å². The normalized spacial score (nSPS) is 10.8. The Morgan fingerprint density at radius 3 is 2.73 bits per heavy atom. The second-order valence-corrected chi connectivity index (χ2v) is 5.66. The van der Waals surface area contributed by atoms with Crippen LogP contribution in [0.25, 0.3) is 17.0 Å². The van der Waals surface area contributed by atoms with Gasteiger partial charge in [0, 0.05) is 17.7 Å². The van der Waals surface area contributed by atoms with E-state index in [1.807, 2.05) is 54.6 Å². The summed E-state index contributed by atoms with van der Waals surface area (Å²) in [6, 6.07) is 16.9. The molecule has 1 heterocycles. The van der Waals surface area contributed by atoms with Gasteiger partial charge in [-0.3, -0.25) is 9.78 Å². The molecule has 2 aromatic carbocycles. The van der Waals surface area contributed by atoms with Crippen LogP contribution in [0.3, 0.4) is 0 Å². The molecule has 0 atom stereocenters. The highest BCUT2D eigenvalue weighted by molar-refractivity contribution is 6.01. The van der Waals surface area contributed by atoms with Crippen LogP contribution in [0.5, 0.6) is 0 Å². The van der Waals surface area contributed by atoms with Crippen molar-refractivity contribution in [3.8, 4) is 0 Å². The molecule has 3 aromatic rings. The van der Waals surface area contributed by atoms with Gasteiger partial charge in [-0.05, 0) is 29.3 Å². The van der Waals surface area contributed by atoms with E-state index in [1.165, 1.54) is 13.2 Å². The predicted octanol–water partition coefficient (Wildman–Crippen LogP) is 3.60. The number of carbonyl (C=O) groups excluding carboxylic acids is 2. The molecule has 0 radical (unpaired) electrons. The summed E-state index contributed by atoms with van der Waals surface area (Å²) in [4.78, 5) is 28.1. The summed E-state index contributed by atoms with van der Waals surface area (Å²) in [5.74, 6) is -0.590. The number of hydrogen-bond donors (Lipinski definition) is 1. The Morgan fingerprint density at radius 1 is 1.08 bits per heavy atom. The van der Waals surface area contributed by atoms with Crippen molar-refractivity contribution >= 4 is 34.5 Å². The van der Waals surface area contributed by atoms with E-state index in [9.17, 15) is 9.59 Å². The van der Waals surface area contributed by atoms with Crippen LogP contribution < -0.4 is 5.32 Å². The number of ether oxygens (including phenoxy) is 1. The maximum atomic E-state index is 12.5. The highest BCUT2D eigenvalue weighted by Crippen LogP contribution is 2.21. The SMILES string of the molecule is COC(=O)/C=C/c1ccccc1CC(=O)Nc1cccc2cccnc12. The minimum Gasteiger partial charge on any atom is -0.466 e. The minimum atomic E-state index is -0.439. The second-order valence-electron chi connectivity index (χ2n) is 5.66. The van der Waals surface area contributed by atoms with Gasteiger partial charge in [0.15, 0.2) is 0 Å². The van der Waals surface area contributed by atoms with Gasteiger partial charge in [-0.15, -0.1) is 0 Å². The van der Waals surface area contributed by atoms with Crippen molar-refractivity contribution in [1.29, 1.82) is 0 Å². The van der Waals surface area contributed by atoms with Crippen LogP contribution >= 0.6 is 0 Å². The van der Waals surface area contributed by atoms with Gasteiger partial charge in [0.2, 0.25) is 5.91 Å². The summed E-state index contributed by atoms with van der Waals surface area (Å²) in [5, 5.41) is 3.88. The third-order valence-corrected chi connectivity index (χ3v) is 3.91. The first-order valence-electron chi connectivity index (χ1n) is 8.15. The van der Waals surface area contributed by atoms with Crippen molar-refractivity contribution in [3.05, 3.63) is 78.0 Å². The number of nitrogens with one attached hydrogen (secondary N) is 1. The average molecular weight is 346 g/mol. The van der Waals surface area contributed by atoms with E-state index in [2.05, 4.69) is 15.0 Å². The fourth-order valence-electron chi connectivity index (χ4n) is 2.66. The number of aromatic nitrogens is 1. The van der Waals surface area contributed by atoms with Crippen molar-refractivity contribution < 1.29 is 14.3 Å². The molecule has 0 unspecified atom stereocenters. The van der Waals surface area contributed by atoms with Crippen LogP contribution in [0.1, 0.15) is 11.1 Å². The molecule has 0 saturated carbocycles. The van der Waals surface area contributed by atoms with Crippen molar-refractivity contribution in [2.75, 3.05) is 12.4 Å². The average Bonchev–Trinajstić information content (AvgIpc) is 2.67. The number of fused-ring (bicyclic) bond motifs is 1. The molecule has 1 amide bonds. The fourth-order valence-corrected chi connectivity index (χ4v) is 2.66. The summed E-state index contributed by atoms with van der Waals surface area (Å²) >= 11 is 0. The van der Waals surface area contributed by atoms with Crippen molar-refractivity contribution in [2.24, 2.45) is 0 Å². The molecule has 0 aliphatic rings. The molecule has 5 nitrogen and oxygen atoms in total. The molecule has 0 bridgehead atoms. The first-order valence-corrected chi connectivity index (χ1v) is 8.15. The zero-order valence-electron chi connectivity index (χ0n) is 14.3. The van der Waals surface area contributed by atoms with Gasteiger partial charge < -0.3 is 10.1 Å². The van der Waals surface area contributed by atoms with Crippen LogP contribution in [-0.2, 0) is 20.7 Å².